The topological polar surface area (TPSA) is 47.5 Å². The Morgan fingerprint density at radius 3 is 1.55 bits per heavy atom. The van der Waals surface area contributed by atoms with Crippen molar-refractivity contribution in [3.8, 4) is 45.0 Å². The molecule has 0 bridgehead atoms. The Morgan fingerprint density at radius 1 is 0.474 bits per heavy atom. The van der Waals surface area contributed by atoms with Crippen molar-refractivity contribution in [3.63, 3.8) is 0 Å². The molecule has 12 aromatic rings. The summed E-state index contributed by atoms with van der Waals surface area (Å²) < 4.78 is 4.60. The fraction of sp³-hybridized carbons (Fsp3) is 0.113. The number of imidazole rings is 1. The lowest BCUT2D eigenvalue weighted by molar-refractivity contribution is 1.10. The molecule has 0 fully saturated rings. The van der Waals surface area contributed by atoms with E-state index in [1.165, 1.54) is 49.6 Å². The summed E-state index contributed by atoms with van der Waals surface area (Å²) in [4.78, 5) is 14.4. The van der Waals surface area contributed by atoms with E-state index in [9.17, 15) is 0 Å². The molecule has 0 spiro atoms. The van der Waals surface area contributed by atoms with Crippen LogP contribution in [0.5, 0.6) is 0 Å². The molecule has 0 atom stereocenters. The number of nitrogens with zero attached hydrogens (tertiary/aromatic N) is 5. The molecule has 5 heteroatoms. The van der Waals surface area contributed by atoms with Crippen LogP contribution in [0.2, 0.25) is 0 Å². The van der Waals surface area contributed by atoms with Gasteiger partial charge in [-0.25, -0.2) is 4.98 Å². The van der Waals surface area contributed by atoms with Crippen molar-refractivity contribution in [2.75, 3.05) is 0 Å². The van der Waals surface area contributed by atoms with Gasteiger partial charge in [-0.2, -0.15) is 0 Å². The lowest BCUT2D eigenvalue weighted by atomic mass is 9.92. The Balaban J connectivity index is 0.000000334. The zero-order chi connectivity index (χ0) is 53.0. The van der Waals surface area contributed by atoms with Crippen LogP contribution < -0.4 is 0 Å². The van der Waals surface area contributed by atoms with E-state index in [1.54, 1.807) is 0 Å². The smallest absolute Gasteiger partial charge is 0.145 e. The predicted octanol–water partition coefficient (Wildman–Crippen LogP) is 19.5. The van der Waals surface area contributed by atoms with Gasteiger partial charge in [-0.3, -0.25) is 14.6 Å². The summed E-state index contributed by atoms with van der Waals surface area (Å²) in [6.07, 6.45) is 1.01. The molecule has 374 valence electrons. The van der Waals surface area contributed by atoms with Gasteiger partial charge in [0.1, 0.15) is 5.82 Å². The molecule has 0 saturated carbocycles. The second kappa shape index (κ2) is 24.2. The molecule has 0 aliphatic heterocycles. The van der Waals surface area contributed by atoms with Crippen LogP contribution in [0.4, 0.5) is 11.4 Å². The molecule has 0 radical (unpaired) electrons. The highest BCUT2D eigenvalue weighted by molar-refractivity contribution is 6.09. The first-order valence-electron chi connectivity index (χ1n) is 26.3. The third-order valence-electron chi connectivity index (χ3n) is 13.8. The van der Waals surface area contributed by atoms with Gasteiger partial charge < -0.3 is 4.57 Å². The van der Waals surface area contributed by atoms with Crippen LogP contribution >= 0.6 is 0 Å². The van der Waals surface area contributed by atoms with Crippen LogP contribution in [0, 0.1) is 20.8 Å². The van der Waals surface area contributed by atoms with Gasteiger partial charge in [-0.1, -0.05) is 214 Å². The molecule has 5 nitrogen and oxygen atoms in total. The Kier molecular flexibility index (Phi) is 16.5. The molecular weight excluding hydrogens is 923 g/mol. The SMILES string of the molecule is C=Nc1ccccc1C.CC.CCc1ccc(-c2ccc(-c3ccc(-c4nc5ccccc5n4-c4ccccc4)cc3)c(N=C(C)c3ccc(-n4c5ccccc5c5ccccc54)cc3)c2C)cc1.Cc1ccccc1. The van der Waals surface area contributed by atoms with Gasteiger partial charge in [0, 0.05) is 39.0 Å². The number of benzene rings is 10. The zero-order valence-electron chi connectivity index (χ0n) is 44.7. The summed E-state index contributed by atoms with van der Waals surface area (Å²) in [6.45, 7) is 18.1. The quantitative estimate of drug-likeness (QED) is 0.133. The third-order valence-corrected chi connectivity index (χ3v) is 13.8. The maximum absolute atomic E-state index is 5.47. The van der Waals surface area contributed by atoms with Crippen LogP contribution in [-0.4, -0.2) is 26.5 Å². The average molecular weight is 988 g/mol. The number of fused-ring (bicyclic) bond motifs is 4. The zero-order valence-corrected chi connectivity index (χ0v) is 44.7. The highest BCUT2D eigenvalue weighted by Crippen LogP contribution is 2.41. The molecule has 0 aliphatic carbocycles. The average Bonchev–Trinajstić information content (AvgIpc) is 4.07. The van der Waals surface area contributed by atoms with Gasteiger partial charge in [0.25, 0.3) is 0 Å². The Hall–Kier alpha value is -9.19. The maximum Gasteiger partial charge on any atom is 0.145 e. The molecule has 10 aromatic carbocycles. The van der Waals surface area contributed by atoms with Crippen molar-refractivity contribution in [3.05, 3.63) is 270 Å². The molecule has 0 amide bonds. The fourth-order valence-electron chi connectivity index (χ4n) is 9.73. The highest BCUT2D eigenvalue weighted by atomic mass is 15.1. The molecule has 76 heavy (non-hydrogen) atoms. The first kappa shape index (κ1) is 51.7. The van der Waals surface area contributed by atoms with Crippen molar-refractivity contribution in [1.29, 1.82) is 0 Å². The van der Waals surface area contributed by atoms with E-state index in [0.717, 1.165) is 79.6 Å². The standard InChI is InChI=1S/C54H42N4.C8H9N.C7H8.C2H6/c1-4-38-22-24-40(25-23-38)45-34-35-46(41-26-28-42(29-27-41)54-56-49-18-10-13-21-52(49)58(54)43-14-6-5-7-15-43)53(36(45)2)55-37(3)39-30-32-44(33-31-39)57-50-19-11-8-16-47(50)48-17-9-12-20-51(48)57;1-7-5-3-4-6-8(7)9-2;1-7-5-3-2-4-6-7;1-2/h5-35H,4H2,1-3H3;3-6H,2H2,1H3;2-6H,1H3;1-2H3. The molecular formula is C71H65N5. The highest BCUT2D eigenvalue weighted by Gasteiger charge is 2.18. The molecule has 2 aromatic heterocycles. The Labute approximate surface area is 448 Å². The first-order chi connectivity index (χ1) is 37.3. The molecule has 0 N–H and O–H groups in total. The summed E-state index contributed by atoms with van der Waals surface area (Å²) in [7, 11) is 0. The van der Waals surface area contributed by atoms with E-state index in [2.05, 4.69) is 237 Å². The predicted molar refractivity (Wildman–Crippen MR) is 327 cm³/mol. The van der Waals surface area contributed by atoms with Crippen LogP contribution in [0.3, 0.4) is 0 Å². The van der Waals surface area contributed by atoms with Gasteiger partial charge in [0.2, 0.25) is 0 Å². The minimum atomic E-state index is 0.916. The van der Waals surface area contributed by atoms with Gasteiger partial charge in [0.15, 0.2) is 0 Å². The van der Waals surface area contributed by atoms with Gasteiger partial charge in [0.05, 0.1) is 33.4 Å². The number of para-hydroxylation sites is 6. The monoisotopic (exact) mass is 988 g/mol. The third kappa shape index (κ3) is 11.2. The number of rotatable bonds is 9. The van der Waals surface area contributed by atoms with Crippen LogP contribution in [0.25, 0.3) is 77.9 Å². The van der Waals surface area contributed by atoms with E-state index in [1.807, 2.05) is 75.4 Å². The van der Waals surface area contributed by atoms with E-state index in [-0.39, 0.29) is 0 Å². The van der Waals surface area contributed by atoms with Gasteiger partial charge in [-0.15, -0.1) is 0 Å². The molecule has 2 heterocycles. The van der Waals surface area contributed by atoms with Crippen LogP contribution in [0.1, 0.15) is 55.5 Å². The maximum atomic E-state index is 5.47. The van der Waals surface area contributed by atoms with Gasteiger partial charge in [-0.05, 0) is 134 Å². The first-order valence-corrected chi connectivity index (χ1v) is 26.3. The summed E-state index contributed by atoms with van der Waals surface area (Å²) in [6, 6.07) is 85.3. The lowest BCUT2D eigenvalue weighted by Crippen LogP contribution is -1.99. The lowest BCUT2D eigenvalue weighted by Gasteiger charge is -2.16. The number of hydrogen-bond donors (Lipinski definition) is 0. The molecule has 0 unspecified atom stereocenters. The van der Waals surface area contributed by atoms with Gasteiger partial charge >= 0.3 is 0 Å². The Bertz CT molecular complexity index is 3850. The summed E-state index contributed by atoms with van der Waals surface area (Å²) in [5.41, 5.74) is 21.3. The number of aryl methyl sites for hydroxylation is 3. The van der Waals surface area contributed by atoms with E-state index >= 15 is 0 Å². The molecule has 12 rings (SSSR count). The van der Waals surface area contributed by atoms with Crippen LogP contribution in [0.15, 0.2) is 253 Å². The number of hydrogen-bond acceptors (Lipinski definition) is 3. The van der Waals surface area contributed by atoms with Crippen LogP contribution in [-0.2, 0) is 6.42 Å². The van der Waals surface area contributed by atoms with Crippen molar-refractivity contribution >= 4 is 56.6 Å². The van der Waals surface area contributed by atoms with Crippen molar-refractivity contribution in [1.82, 2.24) is 14.1 Å². The molecule has 0 saturated heterocycles. The largest absolute Gasteiger partial charge is 0.309 e. The summed E-state index contributed by atoms with van der Waals surface area (Å²) in [5, 5.41) is 2.52. The minimum absolute atomic E-state index is 0.916. The Morgan fingerprint density at radius 2 is 0.974 bits per heavy atom. The number of aliphatic imine (C=N–C) groups is 2. The summed E-state index contributed by atoms with van der Waals surface area (Å²) >= 11 is 0. The van der Waals surface area contributed by atoms with E-state index in [0.29, 0.717) is 0 Å². The normalized spacial score (nSPS) is 11.0. The summed E-state index contributed by atoms with van der Waals surface area (Å²) in [5.74, 6) is 0.916. The minimum Gasteiger partial charge on any atom is -0.309 e. The van der Waals surface area contributed by atoms with Crippen molar-refractivity contribution < 1.29 is 0 Å². The van der Waals surface area contributed by atoms with Crippen molar-refractivity contribution in [2.24, 2.45) is 9.98 Å². The molecule has 0 aliphatic rings. The van der Waals surface area contributed by atoms with E-state index in [4.69, 9.17) is 9.98 Å². The van der Waals surface area contributed by atoms with E-state index < -0.39 is 0 Å². The second-order valence-corrected chi connectivity index (χ2v) is 18.6. The fourth-order valence-corrected chi connectivity index (χ4v) is 9.73. The van der Waals surface area contributed by atoms with Crippen molar-refractivity contribution in [2.45, 2.75) is 54.9 Å². The number of aromatic nitrogens is 3. The second-order valence-electron chi connectivity index (χ2n) is 18.6.